The Morgan fingerprint density at radius 3 is 2.45 bits per heavy atom. The zero-order chi connectivity index (χ0) is 16.1. The van der Waals surface area contributed by atoms with Crippen molar-refractivity contribution >= 4 is 34.6 Å². The van der Waals surface area contributed by atoms with E-state index in [-0.39, 0.29) is 6.04 Å². The molecule has 0 aliphatic carbocycles. The summed E-state index contributed by atoms with van der Waals surface area (Å²) in [6.45, 7) is 6.50. The molecule has 0 radical (unpaired) electrons. The molecule has 1 atom stereocenters. The van der Waals surface area contributed by atoms with Crippen LogP contribution in [0.3, 0.4) is 0 Å². The molecule has 2 rings (SSSR count). The number of benzene rings is 2. The molecule has 0 heterocycles. The molecule has 22 heavy (non-hydrogen) atoms. The van der Waals surface area contributed by atoms with Gasteiger partial charge in [-0.25, -0.2) is 0 Å². The van der Waals surface area contributed by atoms with Crippen molar-refractivity contribution in [1.29, 1.82) is 0 Å². The average molecular weight is 333 g/mol. The summed E-state index contributed by atoms with van der Waals surface area (Å²) in [7, 11) is 0. The lowest BCUT2D eigenvalue weighted by Crippen LogP contribution is -2.35. The Hall–Kier alpha value is -1.58. The number of thiocarbonyl (C=S) groups is 1. The SMILES string of the molecule is Cc1ccccc1C(NC(=S)Nc1cccc(Cl)c1)C(C)C. The number of nitrogens with one attached hydrogen (secondary N) is 2. The summed E-state index contributed by atoms with van der Waals surface area (Å²) in [5, 5.41) is 7.90. The summed E-state index contributed by atoms with van der Waals surface area (Å²) in [6.07, 6.45) is 0. The smallest absolute Gasteiger partial charge is 0.171 e. The summed E-state index contributed by atoms with van der Waals surface area (Å²) in [5.74, 6) is 0.417. The van der Waals surface area contributed by atoms with Crippen molar-refractivity contribution in [2.24, 2.45) is 5.92 Å². The van der Waals surface area contributed by atoms with Crippen molar-refractivity contribution in [2.75, 3.05) is 5.32 Å². The molecule has 1 unspecified atom stereocenters. The lowest BCUT2D eigenvalue weighted by atomic mass is 9.93. The van der Waals surface area contributed by atoms with Crippen molar-refractivity contribution in [3.63, 3.8) is 0 Å². The molecule has 4 heteroatoms. The zero-order valence-corrected chi connectivity index (χ0v) is 14.6. The van der Waals surface area contributed by atoms with E-state index in [1.807, 2.05) is 24.3 Å². The molecule has 0 aliphatic rings. The van der Waals surface area contributed by atoms with Gasteiger partial charge in [0.2, 0.25) is 0 Å². The number of hydrogen-bond acceptors (Lipinski definition) is 1. The molecular weight excluding hydrogens is 312 g/mol. The zero-order valence-electron chi connectivity index (χ0n) is 13.1. The predicted molar refractivity (Wildman–Crippen MR) is 99.6 cm³/mol. The first-order valence-corrected chi connectivity index (χ1v) is 8.14. The highest BCUT2D eigenvalue weighted by atomic mass is 35.5. The minimum atomic E-state index is 0.167. The predicted octanol–water partition coefficient (Wildman–Crippen LogP) is 5.33. The van der Waals surface area contributed by atoms with Gasteiger partial charge in [0.05, 0.1) is 6.04 Å². The molecule has 0 bridgehead atoms. The van der Waals surface area contributed by atoms with Crippen LogP contribution < -0.4 is 10.6 Å². The van der Waals surface area contributed by atoms with Crippen molar-refractivity contribution in [1.82, 2.24) is 5.32 Å². The van der Waals surface area contributed by atoms with E-state index >= 15 is 0 Å². The van der Waals surface area contributed by atoms with Gasteiger partial charge >= 0.3 is 0 Å². The summed E-state index contributed by atoms with van der Waals surface area (Å²) < 4.78 is 0. The van der Waals surface area contributed by atoms with E-state index in [1.54, 1.807) is 0 Å². The maximum atomic E-state index is 6.00. The minimum Gasteiger partial charge on any atom is -0.355 e. The summed E-state index contributed by atoms with van der Waals surface area (Å²) in [5.41, 5.74) is 3.42. The van der Waals surface area contributed by atoms with Crippen molar-refractivity contribution in [3.05, 3.63) is 64.7 Å². The lowest BCUT2D eigenvalue weighted by molar-refractivity contribution is 0.471. The average Bonchev–Trinajstić information content (AvgIpc) is 2.45. The van der Waals surface area contributed by atoms with Crippen LogP contribution in [0.2, 0.25) is 5.02 Å². The third-order valence-electron chi connectivity index (χ3n) is 3.56. The third-order valence-corrected chi connectivity index (χ3v) is 4.01. The van der Waals surface area contributed by atoms with Crippen LogP contribution in [0, 0.1) is 12.8 Å². The fraction of sp³-hybridized carbons (Fsp3) is 0.278. The van der Waals surface area contributed by atoms with Crippen LogP contribution in [0.5, 0.6) is 0 Å². The maximum Gasteiger partial charge on any atom is 0.171 e. The molecule has 116 valence electrons. The Bertz CT molecular complexity index is 655. The normalized spacial score (nSPS) is 12.0. The standard InChI is InChI=1S/C18H21ClN2S/c1-12(2)17(16-10-5-4-7-13(16)3)21-18(22)20-15-9-6-8-14(19)11-15/h4-12,17H,1-3H3,(H2,20,21,22). The van der Waals surface area contributed by atoms with Crippen LogP contribution in [0.25, 0.3) is 0 Å². The molecule has 0 aromatic heterocycles. The quantitative estimate of drug-likeness (QED) is 0.740. The Kier molecular flexibility index (Phi) is 5.81. The molecule has 0 saturated heterocycles. The molecule has 0 aliphatic heterocycles. The highest BCUT2D eigenvalue weighted by Crippen LogP contribution is 2.25. The molecule has 2 aromatic carbocycles. The Morgan fingerprint density at radius 1 is 1.09 bits per heavy atom. The van der Waals surface area contributed by atoms with Gasteiger partial charge in [-0.2, -0.15) is 0 Å². The fourth-order valence-corrected chi connectivity index (χ4v) is 2.85. The lowest BCUT2D eigenvalue weighted by Gasteiger charge is -2.26. The Labute approximate surface area is 142 Å². The topological polar surface area (TPSA) is 24.1 Å². The van der Waals surface area contributed by atoms with Crippen LogP contribution in [0.1, 0.15) is 31.0 Å². The van der Waals surface area contributed by atoms with Crippen LogP contribution in [-0.4, -0.2) is 5.11 Å². The summed E-state index contributed by atoms with van der Waals surface area (Å²) in [6, 6.07) is 16.1. The van der Waals surface area contributed by atoms with E-state index < -0.39 is 0 Å². The van der Waals surface area contributed by atoms with E-state index in [0.29, 0.717) is 16.1 Å². The van der Waals surface area contributed by atoms with E-state index in [1.165, 1.54) is 11.1 Å². The second kappa shape index (κ2) is 7.61. The monoisotopic (exact) mass is 332 g/mol. The van der Waals surface area contributed by atoms with E-state index in [2.05, 4.69) is 55.7 Å². The van der Waals surface area contributed by atoms with Gasteiger partial charge in [-0.15, -0.1) is 0 Å². The Morgan fingerprint density at radius 2 is 1.82 bits per heavy atom. The number of rotatable bonds is 4. The van der Waals surface area contributed by atoms with Gasteiger partial charge in [0.15, 0.2) is 5.11 Å². The summed E-state index contributed by atoms with van der Waals surface area (Å²) >= 11 is 11.5. The van der Waals surface area contributed by atoms with Crippen molar-refractivity contribution in [3.8, 4) is 0 Å². The van der Waals surface area contributed by atoms with Gasteiger partial charge < -0.3 is 10.6 Å². The highest BCUT2D eigenvalue weighted by molar-refractivity contribution is 7.80. The van der Waals surface area contributed by atoms with E-state index in [9.17, 15) is 0 Å². The van der Waals surface area contributed by atoms with E-state index in [0.717, 1.165) is 5.69 Å². The van der Waals surface area contributed by atoms with Gasteiger partial charge in [-0.3, -0.25) is 0 Å². The number of halogens is 1. The van der Waals surface area contributed by atoms with Crippen LogP contribution >= 0.6 is 23.8 Å². The minimum absolute atomic E-state index is 0.167. The largest absolute Gasteiger partial charge is 0.355 e. The first kappa shape index (κ1) is 16.8. The molecule has 2 nitrogen and oxygen atoms in total. The molecule has 2 aromatic rings. The maximum absolute atomic E-state index is 6.00. The van der Waals surface area contributed by atoms with Crippen LogP contribution in [-0.2, 0) is 0 Å². The molecule has 0 amide bonds. The number of aryl methyl sites for hydroxylation is 1. The van der Waals surface area contributed by atoms with Gasteiger partial charge in [0, 0.05) is 10.7 Å². The van der Waals surface area contributed by atoms with Gasteiger partial charge in [-0.1, -0.05) is 55.8 Å². The number of anilines is 1. The van der Waals surface area contributed by atoms with Gasteiger partial charge in [-0.05, 0) is 54.4 Å². The van der Waals surface area contributed by atoms with Gasteiger partial charge in [0.25, 0.3) is 0 Å². The van der Waals surface area contributed by atoms with Crippen LogP contribution in [0.4, 0.5) is 5.69 Å². The first-order chi connectivity index (χ1) is 10.5. The fourth-order valence-electron chi connectivity index (χ4n) is 2.41. The summed E-state index contributed by atoms with van der Waals surface area (Å²) in [4.78, 5) is 0. The number of hydrogen-bond donors (Lipinski definition) is 2. The van der Waals surface area contributed by atoms with Crippen LogP contribution in [0.15, 0.2) is 48.5 Å². The third kappa shape index (κ3) is 4.46. The molecule has 0 saturated carbocycles. The molecule has 2 N–H and O–H groups in total. The first-order valence-electron chi connectivity index (χ1n) is 7.36. The molecule has 0 spiro atoms. The van der Waals surface area contributed by atoms with Crippen molar-refractivity contribution < 1.29 is 0 Å². The molecule has 0 fully saturated rings. The molecular formula is C18H21ClN2S. The second-order valence-corrected chi connectivity index (χ2v) is 6.53. The van der Waals surface area contributed by atoms with Gasteiger partial charge in [0.1, 0.15) is 0 Å². The van der Waals surface area contributed by atoms with E-state index in [4.69, 9.17) is 23.8 Å². The van der Waals surface area contributed by atoms with Crippen molar-refractivity contribution in [2.45, 2.75) is 26.8 Å². The Balaban J connectivity index is 2.11. The second-order valence-electron chi connectivity index (χ2n) is 5.69. The highest BCUT2D eigenvalue weighted by Gasteiger charge is 2.18.